The molecular weight excluding hydrogens is 232 g/mol. The molecule has 18 heavy (non-hydrogen) atoms. The summed E-state index contributed by atoms with van der Waals surface area (Å²) in [6, 6.07) is 0.225. The number of aliphatic hydroxyl groups excluding tert-OH is 1. The van der Waals surface area contributed by atoms with Crippen molar-refractivity contribution in [3.63, 3.8) is 0 Å². The zero-order valence-corrected chi connectivity index (χ0v) is 10.8. The summed E-state index contributed by atoms with van der Waals surface area (Å²) in [6.07, 6.45) is 6.85. The van der Waals surface area contributed by atoms with Gasteiger partial charge in [-0.25, -0.2) is 4.98 Å². The van der Waals surface area contributed by atoms with Gasteiger partial charge in [-0.3, -0.25) is 4.79 Å². The Labute approximate surface area is 107 Å². The molecule has 0 spiro atoms. The molecule has 1 fully saturated rings. The smallest absolute Gasteiger partial charge is 0.291 e. The number of hydrogen-bond acceptors (Lipinski definition) is 4. The van der Waals surface area contributed by atoms with Crippen molar-refractivity contribution in [1.29, 1.82) is 0 Å². The van der Waals surface area contributed by atoms with Gasteiger partial charge in [-0.15, -0.1) is 0 Å². The van der Waals surface area contributed by atoms with Gasteiger partial charge in [-0.1, -0.05) is 19.3 Å². The molecule has 0 unspecified atom stereocenters. The van der Waals surface area contributed by atoms with Crippen molar-refractivity contribution in [2.45, 2.75) is 45.1 Å². The minimum atomic E-state index is -0.147. The fraction of sp³-hybridized carbons (Fsp3) is 0.692. The van der Waals surface area contributed by atoms with Crippen LogP contribution in [0.2, 0.25) is 0 Å². The third-order valence-electron chi connectivity index (χ3n) is 3.56. The third kappa shape index (κ3) is 2.72. The van der Waals surface area contributed by atoms with Gasteiger partial charge in [0.15, 0.2) is 6.39 Å². The van der Waals surface area contributed by atoms with Crippen LogP contribution >= 0.6 is 0 Å². The zero-order chi connectivity index (χ0) is 13.0. The van der Waals surface area contributed by atoms with Crippen LogP contribution in [-0.2, 0) is 0 Å². The Morgan fingerprint density at radius 1 is 1.50 bits per heavy atom. The van der Waals surface area contributed by atoms with Gasteiger partial charge in [0.1, 0.15) is 0 Å². The number of nitrogens with zero attached hydrogens (tertiary/aromatic N) is 2. The van der Waals surface area contributed by atoms with Crippen molar-refractivity contribution in [3.8, 4) is 0 Å². The Morgan fingerprint density at radius 3 is 2.78 bits per heavy atom. The summed E-state index contributed by atoms with van der Waals surface area (Å²) in [5.41, 5.74) is 0.610. The fourth-order valence-electron chi connectivity index (χ4n) is 2.59. The molecule has 1 aromatic rings. The first-order chi connectivity index (χ1) is 8.74. The van der Waals surface area contributed by atoms with Gasteiger partial charge < -0.3 is 14.4 Å². The highest BCUT2D eigenvalue weighted by atomic mass is 16.3. The van der Waals surface area contributed by atoms with E-state index in [1.165, 1.54) is 12.8 Å². The second-order valence-electron chi connectivity index (χ2n) is 4.78. The summed E-state index contributed by atoms with van der Waals surface area (Å²) in [7, 11) is 0. The van der Waals surface area contributed by atoms with Crippen LogP contribution < -0.4 is 0 Å². The number of rotatable bonds is 4. The molecule has 0 aromatic carbocycles. The van der Waals surface area contributed by atoms with Gasteiger partial charge in [0.05, 0.1) is 12.3 Å². The quantitative estimate of drug-likeness (QED) is 0.886. The molecule has 1 heterocycles. The van der Waals surface area contributed by atoms with Crippen molar-refractivity contribution in [3.05, 3.63) is 17.8 Å². The van der Waals surface area contributed by atoms with Gasteiger partial charge >= 0.3 is 0 Å². The molecule has 1 N–H and O–H groups in total. The minimum absolute atomic E-state index is 0.0184. The van der Waals surface area contributed by atoms with E-state index >= 15 is 0 Å². The van der Waals surface area contributed by atoms with Crippen molar-refractivity contribution in [2.24, 2.45) is 0 Å². The Balaban J connectivity index is 2.13. The largest absolute Gasteiger partial charge is 0.438 e. The Bertz CT molecular complexity index is 397. The third-order valence-corrected chi connectivity index (χ3v) is 3.56. The minimum Gasteiger partial charge on any atom is -0.438 e. The molecule has 1 aromatic heterocycles. The van der Waals surface area contributed by atoms with E-state index in [0.717, 1.165) is 25.7 Å². The maximum atomic E-state index is 12.4. The van der Waals surface area contributed by atoms with Crippen LogP contribution in [0.25, 0.3) is 0 Å². The molecule has 0 aliphatic heterocycles. The first-order valence-corrected chi connectivity index (χ1v) is 6.56. The second kappa shape index (κ2) is 6.00. The number of aryl methyl sites for hydroxylation is 1. The van der Waals surface area contributed by atoms with E-state index in [9.17, 15) is 4.79 Å². The summed E-state index contributed by atoms with van der Waals surface area (Å²) in [6.45, 7) is 2.10. The van der Waals surface area contributed by atoms with E-state index in [1.807, 2.05) is 0 Å². The van der Waals surface area contributed by atoms with Crippen LogP contribution in [0.4, 0.5) is 0 Å². The molecular formula is C13H20N2O3. The normalized spacial score (nSPS) is 16.8. The highest BCUT2D eigenvalue weighted by molar-refractivity contribution is 5.92. The molecule has 100 valence electrons. The van der Waals surface area contributed by atoms with Crippen molar-refractivity contribution in [1.82, 2.24) is 9.88 Å². The first-order valence-electron chi connectivity index (χ1n) is 6.56. The van der Waals surface area contributed by atoms with Crippen LogP contribution in [0.5, 0.6) is 0 Å². The van der Waals surface area contributed by atoms with Crippen LogP contribution in [0, 0.1) is 6.92 Å². The van der Waals surface area contributed by atoms with Crippen LogP contribution in [-0.4, -0.2) is 40.1 Å². The van der Waals surface area contributed by atoms with Crippen LogP contribution in [0.3, 0.4) is 0 Å². The maximum Gasteiger partial charge on any atom is 0.291 e. The van der Waals surface area contributed by atoms with E-state index in [-0.39, 0.29) is 18.6 Å². The molecule has 1 amide bonds. The summed E-state index contributed by atoms with van der Waals surface area (Å²) < 4.78 is 5.16. The lowest BCUT2D eigenvalue weighted by Gasteiger charge is -2.33. The zero-order valence-electron chi connectivity index (χ0n) is 10.8. The molecule has 0 saturated heterocycles. The summed E-state index contributed by atoms with van der Waals surface area (Å²) in [5.74, 6) is 0.153. The number of amides is 1. The molecule has 0 atom stereocenters. The number of aliphatic hydroxyl groups is 1. The van der Waals surface area contributed by atoms with E-state index in [0.29, 0.717) is 18.0 Å². The SMILES string of the molecule is Cc1ncoc1C(=O)N(CCO)C1CCCCC1. The van der Waals surface area contributed by atoms with Crippen LogP contribution in [0.15, 0.2) is 10.8 Å². The molecule has 1 saturated carbocycles. The summed E-state index contributed by atoms with van der Waals surface area (Å²) in [4.78, 5) is 18.1. The molecule has 1 aliphatic rings. The second-order valence-corrected chi connectivity index (χ2v) is 4.78. The van der Waals surface area contributed by atoms with E-state index in [2.05, 4.69) is 4.98 Å². The van der Waals surface area contributed by atoms with Crippen LogP contribution in [0.1, 0.15) is 48.4 Å². The van der Waals surface area contributed by atoms with E-state index in [1.54, 1.807) is 11.8 Å². The van der Waals surface area contributed by atoms with Gasteiger partial charge in [-0.2, -0.15) is 0 Å². The van der Waals surface area contributed by atoms with Crippen molar-refractivity contribution >= 4 is 5.91 Å². The molecule has 2 rings (SSSR count). The molecule has 0 bridgehead atoms. The number of oxazole rings is 1. The maximum absolute atomic E-state index is 12.4. The molecule has 5 nitrogen and oxygen atoms in total. The Hall–Kier alpha value is -1.36. The first kappa shape index (κ1) is 13.1. The molecule has 0 radical (unpaired) electrons. The lowest BCUT2D eigenvalue weighted by molar-refractivity contribution is 0.0553. The Kier molecular flexibility index (Phi) is 4.36. The lowest BCUT2D eigenvalue weighted by atomic mass is 9.94. The van der Waals surface area contributed by atoms with Gasteiger partial charge in [0, 0.05) is 12.6 Å². The van der Waals surface area contributed by atoms with Gasteiger partial charge in [0.2, 0.25) is 5.76 Å². The highest BCUT2D eigenvalue weighted by Gasteiger charge is 2.28. The monoisotopic (exact) mass is 252 g/mol. The van der Waals surface area contributed by atoms with E-state index in [4.69, 9.17) is 9.52 Å². The van der Waals surface area contributed by atoms with Crippen molar-refractivity contribution in [2.75, 3.05) is 13.2 Å². The van der Waals surface area contributed by atoms with Gasteiger partial charge in [-0.05, 0) is 19.8 Å². The predicted octanol–water partition coefficient (Wildman–Crippen LogP) is 1.75. The van der Waals surface area contributed by atoms with Gasteiger partial charge in [0.25, 0.3) is 5.91 Å². The Morgan fingerprint density at radius 2 is 2.22 bits per heavy atom. The van der Waals surface area contributed by atoms with Crippen molar-refractivity contribution < 1.29 is 14.3 Å². The standard InChI is InChI=1S/C13H20N2O3/c1-10-12(18-9-14-10)13(17)15(7-8-16)11-5-3-2-4-6-11/h9,11,16H,2-8H2,1H3. The number of carbonyl (C=O) groups excluding carboxylic acids is 1. The topological polar surface area (TPSA) is 66.6 Å². The highest BCUT2D eigenvalue weighted by Crippen LogP contribution is 2.24. The van der Waals surface area contributed by atoms with E-state index < -0.39 is 0 Å². The molecule has 1 aliphatic carbocycles. The summed E-state index contributed by atoms with van der Waals surface area (Å²) >= 11 is 0. The number of aromatic nitrogens is 1. The number of hydrogen-bond donors (Lipinski definition) is 1. The summed E-state index contributed by atoms with van der Waals surface area (Å²) in [5, 5.41) is 9.14. The average Bonchev–Trinajstić information content (AvgIpc) is 2.82. The lowest BCUT2D eigenvalue weighted by Crippen LogP contribution is -2.43. The number of carbonyl (C=O) groups is 1. The molecule has 5 heteroatoms. The fourth-order valence-corrected chi connectivity index (χ4v) is 2.59. The average molecular weight is 252 g/mol. The predicted molar refractivity (Wildman–Crippen MR) is 66.2 cm³/mol.